The van der Waals surface area contributed by atoms with Gasteiger partial charge < -0.3 is 10.1 Å². The second kappa shape index (κ2) is 7.84. The Morgan fingerprint density at radius 1 is 1.00 bits per heavy atom. The highest BCUT2D eigenvalue weighted by Crippen LogP contribution is 2.20. The van der Waals surface area contributed by atoms with Crippen molar-refractivity contribution >= 4 is 0 Å². The number of benzene rings is 2. The number of hydrogen-bond donors (Lipinski definition) is 1. The van der Waals surface area contributed by atoms with Crippen LogP contribution < -0.4 is 10.1 Å². The lowest BCUT2D eigenvalue weighted by atomic mass is 10.1. The van der Waals surface area contributed by atoms with Crippen LogP contribution in [0.25, 0.3) is 0 Å². The van der Waals surface area contributed by atoms with Gasteiger partial charge in [0.25, 0.3) is 0 Å². The van der Waals surface area contributed by atoms with Crippen LogP contribution in [0.5, 0.6) is 5.75 Å². The standard InChI is InChI=1S/C19H25NO/c1-4-16(3)21-19-8-6-5-7-18(19)14-20-13-17-11-9-15(2)10-12-17/h5-12,16,20H,4,13-14H2,1-3H3. The maximum Gasteiger partial charge on any atom is 0.124 e. The van der Waals surface area contributed by atoms with Crippen molar-refractivity contribution in [1.29, 1.82) is 0 Å². The molecular formula is C19H25NO. The van der Waals surface area contributed by atoms with Crippen LogP contribution in [0.3, 0.4) is 0 Å². The third-order valence-electron chi connectivity index (χ3n) is 3.64. The lowest BCUT2D eigenvalue weighted by Crippen LogP contribution is -2.16. The van der Waals surface area contributed by atoms with Crippen LogP contribution in [0.2, 0.25) is 0 Å². The topological polar surface area (TPSA) is 21.3 Å². The van der Waals surface area contributed by atoms with Gasteiger partial charge in [-0.25, -0.2) is 0 Å². The highest BCUT2D eigenvalue weighted by atomic mass is 16.5. The fourth-order valence-corrected chi connectivity index (χ4v) is 2.11. The first-order valence-corrected chi connectivity index (χ1v) is 7.70. The Bertz CT molecular complexity index is 548. The zero-order valence-corrected chi connectivity index (χ0v) is 13.2. The number of nitrogens with one attached hydrogen (secondary N) is 1. The van der Waals surface area contributed by atoms with Crippen molar-refractivity contribution in [3.8, 4) is 5.75 Å². The molecule has 2 rings (SSSR count). The first kappa shape index (κ1) is 15.6. The molecule has 0 saturated heterocycles. The van der Waals surface area contributed by atoms with E-state index in [2.05, 4.69) is 68.6 Å². The molecule has 0 aromatic heterocycles. The van der Waals surface area contributed by atoms with Gasteiger partial charge in [0.2, 0.25) is 0 Å². The monoisotopic (exact) mass is 283 g/mol. The molecule has 0 bridgehead atoms. The molecule has 112 valence electrons. The summed E-state index contributed by atoms with van der Waals surface area (Å²) in [6, 6.07) is 16.9. The van der Waals surface area contributed by atoms with Gasteiger partial charge in [-0.05, 0) is 31.9 Å². The van der Waals surface area contributed by atoms with Crippen LogP contribution in [0.4, 0.5) is 0 Å². The lowest BCUT2D eigenvalue weighted by Gasteiger charge is -2.16. The molecule has 2 aromatic carbocycles. The quantitative estimate of drug-likeness (QED) is 0.810. The highest BCUT2D eigenvalue weighted by Gasteiger charge is 2.06. The van der Waals surface area contributed by atoms with Gasteiger partial charge in [0.15, 0.2) is 0 Å². The van der Waals surface area contributed by atoms with E-state index >= 15 is 0 Å². The fourth-order valence-electron chi connectivity index (χ4n) is 2.11. The van der Waals surface area contributed by atoms with Gasteiger partial charge in [0, 0.05) is 18.7 Å². The lowest BCUT2D eigenvalue weighted by molar-refractivity contribution is 0.215. The van der Waals surface area contributed by atoms with Crippen LogP contribution in [-0.2, 0) is 13.1 Å². The molecule has 2 nitrogen and oxygen atoms in total. The third kappa shape index (κ3) is 4.91. The molecule has 0 fully saturated rings. The molecular weight excluding hydrogens is 258 g/mol. The van der Waals surface area contributed by atoms with Crippen LogP contribution in [0, 0.1) is 6.92 Å². The van der Waals surface area contributed by atoms with Crippen LogP contribution in [0.15, 0.2) is 48.5 Å². The summed E-state index contributed by atoms with van der Waals surface area (Å²) in [4.78, 5) is 0. The third-order valence-corrected chi connectivity index (χ3v) is 3.64. The number of aryl methyl sites for hydroxylation is 1. The second-order valence-corrected chi connectivity index (χ2v) is 5.53. The minimum atomic E-state index is 0.253. The average molecular weight is 283 g/mol. The molecule has 0 aliphatic heterocycles. The average Bonchev–Trinajstić information content (AvgIpc) is 2.51. The van der Waals surface area contributed by atoms with Crippen LogP contribution in [0.1, 0.15) is 37.0 Å². The fraction of sp³-hybridized carbons (Fsp3) is 0.368. The van der Waals surface area contributed by atoms with Gasteiger partial charge in [0.1, 0.15) is 5.75 Å². The van der Waals surface area contributed by atoms with Crippen molar-refractivity contribution in [2.45, 2.75) is 46.4 Å². The molecule has 0 amide bonds. The minimum Gasteiger partial charge on any atom is -0.490 e. The van der Waals surface area contributed by atoms with E-state index in [9.17, 15) is 0 Å². The van der Waals surface area contributed by atoms with Gasteiger partial charge in [0.05, 0.1) is 6.10 Å². The predicted octanol–water partition coefficient (Wildman–Crippen LogP) is 4.46. The molecule has 1 N–H and O–H groups in total. The van der Waals surface area contributed by atoms with Crippen molar-refractivity contribution in [1.82, 2.24) is 5.32 Å². The largest absolute Gasteiger partial charge is 0.490 e. The summed E-state index contributed by atoms with van der Waals surface area (Å²) < 4.78 is 5.97. The maximum absolute atomic E-state index is 5.97. The molecule has 21 heavy (non-hydrogen) atoms. The Morgan fingerprint density at radius 3 is 2.43 bits per heavy atom. The van der Waals surface area contributed by atoms with Crippen LogP contribution >= 0.6 is 0 Å². The highest BCUT2D eigenvalue weighted by molar-refractivity contribution is 5.33. The Balaban J connectivity index is 1.92. The molecule has 1 unspecified atom stereocenters. The zero-order chi connectivity index (χ0) is 15.1. The second-order valence-electron chi connectivity index (χ2n) is 5.53. The Morgan fingerprint density at radius 2 is 1.71 bits per heavy atom. The Hall–Kier alpha value is -1.80. The number of para-hydroxylation sites is 1. The predicted molar refractivity (Wildman–Crippen MR) is 88.5 cm³/mol. The summed E-state index contributed by atoms with van der Waals surface area (Å²) in [5.41, 5.74) is 3.82. The molecule has 0 aliphatic rings. The van der Waals surface area contributed by atoms with E-state index in [-0.39, 0.29) is 6.10 Å². The Kier molecular flexibility index (Phi) is 5.82. The van der Waals surface area contributed by atoms with Crippen molar-refractivity contribution in [3.63, 3.8) is 0 Å². The summed E-state index contributed by atoms with van der Waals surface area (Å²) in [7, 11) is 0. The van der Waals surface area contributed by atoms with E-state index in [1.807, 2.05) is 6.07 Å². The van der Waals surface area contributed by atoms with Crippen LogP contribution in [-0.4, -0.2) is 6.10 Å². The van der Waals surface area contributed by atoms with Crippen molar-refractivity contribution in [3.05, 3.63) is 65.2 Å². The van der Waals surface area contributed by atoms with Gasteiger partial charge >= 0.3 is 0 Å². The van der Waals surface area contributed by atoms with E-state index in [1.165, 1.54) is 16.7 Å². The minimum absolute atomic E-state index is 0.253. The number of ether oxygens (including phenoxy) is 1. The number of rotatable bonds is 7. The first-order chi connectivity index (χ1) is 10.2. The molecule has 0 saturated carbocycles. The maximum atomic E-state index is 5.97. The molecule has 0 heterocycles. The van der Waals surface area contributed by atoms with Crippen molar-refractivity contribution in [2.75, 3.05) is 0 Å². The molecule has 1 atom stereocenters. The molecule has 0 aliphatic carbocycles. The normalized spacial score (nSPS) is 12.1. The van der Waals surface area contributed by atoms with E-state index < -0.39 is 0 Å². The zero-order valence-electron chi connectivity index (χ0n) is 13.2. The molecule has 0 radical (unpaired) electrons. The summed E-state index contributed by atoms with van der Waals surface area (Å²) >= 11 is 0. The SMILES string of the molecule is CCC(C)Oc1ccccc1CNCc1ccc(C)cc1. The van der Waals surface area contributed by atoms with E-state index in [4.69, 9.17) is 4.74 Å². The summed E-state index contributed by atoms with van der Waals surface area (Å²) in [6.45, 7) is 8.05. The van der Waals surface area contributed by atoms with Crippen molar-refractivity contribution in [2.24, 2.45) is 0 Å². The van der Waals surface area contributed by atoms with E-state index in [0.29, 0.717) is 0 Å². The molecule has 2 heteroatoms. The number of hydrogen-bond acceptors (Lipinski definition) is 2. The van der Waals surface area contributed by atoms with Gasteiger partial charge in [-0.2, -0.15) is 0 Å². The van der Waals surface area contributed by atoms with E-state index in [1.54, 1.807) is 0 Å². The van der Waals surface area contributed by atoms with Gasteiger partial charge in [-0.15, -0.1) is 0 Å². The van der Waals surface area contributed by atoms with E-state index in [0.717, 1.165) is 25.3 Å². The van der Waals surface area contributed by atoms with Crippen molar-refractivity contribution < 1.29 is 4.74 Å². The first-order valence-electron chi connectivity index (χ1n) is 7.70. The molecule has 2 aromatic rings. The summed E-state index contributed by atoms with van der Waals surface area (Å²) in [6.07, 6.45) is 1.27. The summed E-state index contributed by atoms with van der Waals surface area (Å²) in [5, 5.41) is 3.49. The van der Waals surface area contributed by atoms with Gasteiger partial charge in [-0.3, -0.25) is 0 Å². The van der Waals surface area contributed by atoms with Gasteiger partial charge in [-0.1, -0.05) is 55.0 Å². The Labute approximate surface area is 128 Å². The smallest absolute Gasteiger partial charge is 0.124 e. The summed E-state index contributed by atoms with van der Waals surface area (Å²) in [5.74, 6) is 0.989. The molecule has 0 spiro atoms.